The van der Waals surface area contributed by atoms with Crippen molar-refractivity contribution >= 4 is 28.2 Å². The third-order valence-corrected chi connectivity index (χ3v) is 1.76. The predicted octanol–water partition coefficient (Wildman–Crippen LogP) is 0.858. The van der Waals surface area contributed by atoms with Crippen molar-refractivity contribution in [2.75, 3.05) is 18.6 Å². The van der Waals surface area contributed by atoms with Crippen molar-refractivity contribution in [1.29, 1.82) is 0 Å². The van der Waals surface area contributed by atoms with Gasteiger partial charge < -0.3 is 0 Å². The van der Waals surface area contributed by atoms with Gasteiger partial charge in [-0.3, -0.25) is 4.21 Å². The summed E-state index contributed by atoms with van der Waals surface area (Å²) >= 11 is 4.34. The van der Waals surface area contributed by atoms with Crippen LogP contribution < -0.4 is 0 Å². The molecule has 0 fully saturated rings. The Bertz CT molecular complexity index is 138. The molecule has 0 saturated heterocycles. The first kappa shape index (κ1) is 8.95. The van der Waals surface area contributed by atoms with Gasteiger partial charge in [0.2, 0.25) is 0 Å². The average Bonchev–Trinajstić information content (AvgIpc) is 1.80. The van der Waals surface area contributed by atoms with Crippen molar-refractivity contribution in [2.24, 2.45) is 4.99 Å². The number of hydrogen-bond acceptors (Lipinski definition) is 3. The molecule has 0 aliphatic carbocycles. The van der Waals surface area contributed by atoms with Crippen LogP contribution in [0.5, 0.6) is 0 Å². The molecule has 0 spiro atoms. The first-order valence-electron chi connectivity index (χ1n) is 2.61. The first-order valence-corrected chi connectivity index (χ1v) is 4.74. The molecule has 0 amide bonds. The lowest BCUT2D eigenvalue weighted by atomic mass is 10.5. The van der Waals surface area contributed by atoms with E-state index in [0.29, 0.717) is 12.3 Å². The van der Waals surface area contributed by atoms with E-state index >= 15 is 0 Å². The minimum Gasteiger partial charge on any atom is -0.260 e. The molecular formula is C5H9NOS2. The third-order valence-electron chi connectivity index (χ3n) is 0.766. The van der Waals surface area contributed by atoms with E-state index in [-0.39, 0.29) is 0 Å². The Morgan fingerprint density at radius 2 is 2.44 bits per heavy atom. The van der Waals surface area contributed by atoms with E-state index < -0.39 is 10.8 Å². The van der Waals surface area contributed by atoms with E-state index in [1.165, 1.54) is 0 Å². The molecule has 0 heterocycles. The number of thiocarbonyl (C=S) groups is 1. The van der Waals surface area contributed by atoms with Gasteiger partial charge in [-0.2, -0.15) is 0 Å². The Morgan fingerprint density at radius 1 is 1.78 bits per heavy atom. The molecule has 0 rings (SSSR count). The number of rotatable bonds is 4. The maximum absolute atomic E-state index is 10.4. The van der Waals surface area contributed by atoms with Crippen LogP contribution >= 0.6 is 12.2 Å². The van der Waals surface area contributed by atoms with E-state index in [9.17, 15) is 4.21 Å². The summed E-state index contributed by atoms with van der Waals surface area (Å²) in [6.45, 7) is 0.656. The second-order valence-corrected chi connectivity index (χ2v) is 3.34. The molecule has 0 bridgehead atoms. The molecule has 0 aromatic heterocycles. The summed E-state index contributed by atoms with van der Waals surface area (Å²) in [5.41, 5.74) is 0. The van der Waals surface area contributed by atoms with E-state index in [4.69, 9.17) is 0 Å². The minimum atomic E-state index is -0.691. The van der Waals surface area contributed by atoms with Gasteiger partial charge in [0.05, 0.1) is 11.7 Å². The number of hydrogen-bond donors (Lipinski definition) is 0. The fourth-order valence-electron chi connectivity index (χ4n) is 0.393. The van der Waals surface area contributed by atoms with Crippen molar-refractivity contribution in [1.82, 2.24) is 0 Å². The van der Waals surface area contributed by atoms with Crippen molar-refractivity contribution in [3.05, 3.63) is 0 Å². The van der Waals surface area contributed by atoms with Gasteiger partial charge in [0.1, 0.15) is 0 Å². The maximum Gasteiger partial charge on any atom is 0.0584 e. The second kappa shape index (κ2) is 6.08. The Hall–Kier alpha value is -0.0500. The van der Waals surface area contributed by atoms with E-state index in [1.54, 1.807) is 6.26 Å². The molecule has 0 aliphatic heterocycles. The molecule has 0 N–H and O–H groups in total. The highest BCUT2D eigenvalue weighted by Gasteiger charge is 1.87. The molecule has 0 aromatic rings. The lowest BCUT2D eigenvalue weighted by Gasteiger charge is -1.88. The Morgan fingerprint density at radius 3 is 2.89 bits per heavy atom. The Kier molecular flexibility index (Phi) is 6.04. The molecule has 1 atom stereocenters. The third kappa shape index (κ3) is 7.95. The monoisotopic (exact) mass is 163 g/mol. The number of isothiocyanates is 1. The molecule has 0 aromatic carbocycles. The SMILES string of the molecule is CS(=O)CCCN=C=S. The van der Waals surface area contributed by atoms with Gasteiger partial charge in [-0.15, -0.1) is 0 Å². The van der Waals surface area contributed by atoms with Crippen LogP contribution in [-0.4, -0.2) is 27.9 Å². The van der Waals surface area contributed by atoms with Crippen LogP contribution in [0.1, 0.15) is 6.42 Å². The van der Waals surface area contributed by atoms with Gasteiger partial charge in [-0.05, 0) is 18.6 Å². The fourth-order valence-corrected chi connectivity index (χ4v) is 1.02. The van der Waals surface area contributed by atoms with Gasteiger partial charge in [-0.25, -0.2) is 4.99 Å². The minimum absolute atomic E-state index is 0.656. The topological polar surface area (TPSA) is 29.4 Å². The van der Waals surface area contributed by atoms with Crippen LogP contribution in [0.15, 0.2) is 4.99 Å². The van der Waals surface area contributed by atoms with E-state index in [1.807, 2.05) is 0 Å². The van der Waals surface area contributed by atoms with E-state index in [0.717, 1.165) is 6.42 Å². The highest BCUT2D eigenvalue weighted by atomic mass is 32.2. The summed E-state index contributed by atoms with van der Waals surface area (Å²) in [5, 5.41) is 2.25. The maximum atomic E-state index is 10.4. The Labute approximate surface area is 62.8 Å². The summed E-state index contributed by atoms with van der Waals surface area (Å²) in [4.78, 5) is 3.67. The zero-order chi connectivity index (χ0) is 7.11. The normalized spacial score (nSPS) is 12.1. The summed E-state index contributed by atoms with van der Waals surface area (Å²) in [6.07, 6.45) is 2.52. The zero-order valence-electron chi connectivity index (χ0n) is 5.29. The predicted molar refractivity (Wildman–Crippen MR) is 43.4 cm³/mol. The lowest BCUT2D eigenvalue weighted by Crippen LogP contribution is -1.95. The van der Waals surface area contributed by atoms with Gasteiger partial charge in [0.25, 0.3) is 0 Å². The van der Waals surface area contributed by atoms with Crippen LogP contribution in [0.2, 0.25) is 0 Å². The van der Waals surface area contributed by atoms with Gasteiger partial charge in [0, 0.05) is 22.8 Å². The summed E-state index contributed by atoms with van der Waals surface area (Å²) < 4.78 is 10.4. The van der Waals surface area contributed by atoms with E-state index in [2.05, 4.69) is 22.4 Å². The van der Waals surface area contributed by atoms with Crippen LogP contribution in [0.3, 0.4) is 0 Å². The molecule has 2 nitrogen and oxygen atoms in total. The zero-order valence-corrected chi connectivity index (χ0v) is 6.93. The summed E-state index contributed by atoms with van der Waals surface area (Å²) in [5.74, 6) is 0.709. The van der Waals surface area contributed by atoms with Crippen molar-refractivity contribution in [3.8, 4) is 0 Å². The van der Waals surface area contributed by atoms with Crippen molar-refractivity contribution in [2.45, 2.75) is 6.42 Å². The fraction of sp³-hybridized carbons (Fsp3) is 0.800. The first-order chi connectivity index (χ1) is 4.27. The molecule has 1 unspecified atom stereocenters. The van der Waals surface area contributed by atoms with Crippen LogP contribution in [0.4, 0.5) is 0 Å². The van der Waals surface area contributed by atoms with Crippen molar-refractivity contribution < 1.29 is 4.21 Å². The quantitative estimate of drug-likeness (QED) is 0.349. The molecule has 9 heavy (non-hydrogen) atoms. The molecule has 4 heteroatoms. The summed E-state index contributed by atoms with van der Waals surface area (Å²) in [6, 6.07) is 0. The largest absolute Gasteiger partial charge is 0.260 e. The van der Waals surface area contributed by atoms with Crippen LogP contribution in [0, 0.1) is 0 Å². The van der Waals surface area contributed by atoms with Gasteiger partial charge in [0.15, 0.2) is 0 Å². The van der Waals surface area contributed by atoms with Gasteiger partial charge >= 0.3 is 0 Å². The molecule has 0 aliphatic rings. The highest BCUT2D eigenvalue weighted by molar-refractivity contribution is 7.84. The average molecular weight is 163 g/mol. The van der Waals surface area contributed by atoms with Crippen LogP contribution in [0.25, 0.3) is 0 Å². The number of aliphatic imine (C=N–C) groups is 1. The number of nitrogens with zero attached hydrogens (tertiary/aromatic N) is 1. The lowest BCUT2D eigenvalue weighted by molar-refractivity contribution is 0.684. The summed E-state index contributed by atoms with van der Waals surface area (Å²) in [7, 11) is -0.691. The molecule has 0 radical (unpaired) electrons. The highest BCUT2D eigenvalue weighted by Crippen LogP contribution is 1.83. The molecular weight excluding hydrogens is 154 g/mol. The van der Waals surface area contributed by atoms with Gasteiger partial charge in [-0.1, -0.05) is 0 Å². The van der Waals surface area contributed by atoms with Crippen molar-refractivity contribution in [3.63, 3.8) is 0 Å². The standard InChI is InChI=1S/C5H9NOS2/c1-9(7)4-2-3-6-5-8/h2-4H2,1H3. The van der Waals surface area contributed by atoms with Crippen LogP contribution in [-0.2, 0) is 10.8 Å². The molecule has 52 valence electrons. The molecule has 0 saturated carbocycles. The second-order valence-electron chi connectivity index (χ2n) is 1.60. The Balaban J connectivity index is 3.10. The smallest absolute Gasteiger partial charge is 0.0584 e.